The molecule has 2 rings (SSSR count). The molecule has 0 fully saturated rings. The summed E-state index contributed by atoms with van der Waals surface area (Å²) in [6.45, 7) is 5.12. The van der Waals surface area contributed by atoms with Crippen LogP contribution >= 0.6 is 0 Å². The molecule has 0 aliphatic carbocycles. The Kier molecular flexibility index (Phi) is 1.96. The molecule has 0 radical (unpaired) electrons. The Bertz CT molecular complexity index is 352. The number of fused-ring (bicyclic) bond motifs is 1. The van der Waals surface area contributed by atoms with Crippen molar-refractivity contribution in [2.75, 3.05) is 6.54 Å². The molecule has 3 heteroatoms. The Morgan fingerprint density at radius 3 is 2.85 bits per heavy atom. The van der Waals surface area contributed by atoms with E-state index < -0.39 is 0 Å². The Hall–Kier alpha value is -1.09. The predicted molar refractivity (Wildman–Crippen MR) is 48.9 cm³/mol. The lowest BCUT2D eigenvalue weighted by Crippen LogP contribution is -2.29. The van der Waals surface area contributed by atoms with Crippen molar-refractivity contribution in [3.05, 3.63) is 22.6 Å². The van der Waals surface area contributed by atoms with Crippen LogP contribution in [-0.4, -0.2) is 12.3 Å². The number of carbonyl (C=O) groups excluding carboxylic acids is 1. The van der Waals surface area contributed by atoms with Crippen LogP contribution in [0, 0.1) is 6.92 Å². The highest BCUT2D eigenvalue weighted by atomic mass is 16.3. The van der Waals surface area contributed by atoms with Gasteiger partial charge in [0, 0.05) is 12.0 Å². The fraction of sp³-hybridized carbons (Fsp3) is 0.500. The molecule has 0 bridgehead atoms. The van der Waals surface area contributed by atoms with Crippen LogP contribution < -0.4 is 5.32 Å². The van der Waals surface area contributed by atoms with Gasteiger partial charge in [0.1, 0.15) is 11.5 Å². The van der Waals surface area contributed by atoms with Gasteiger partial charge in [0.2, 0.25) is 0 Å². The van der Waals surface area contributed by atoms with Crippen LogP contribution in [0.1, 0.15) is 34.4 Å². The van der Waals surface area contributed by atoms with Gasteiger partial charge in [-0.15, -0.1) is 0 Å². The van der Waals surface area contributed by atoms with Crippen molar-refractivity contribution in [1.82, 2.24) is 5.32 Å². The molecule has 0 spiro atoms. The van der Waals surface area contributed by atoms with Gasteiger partial charge in [-0.2, -0.15) is 0 Å². The third-order valence-corrected chi connectivity index (χ3v) is 2.49. The van der Waals surface area contributed by atoms with Crippen LogP contribution in [0.3, 0.4) is 0 Å². The molecule has 0 amide bonds. The van der Waals surface area contributed by atoms with E-state index >= 15 is 0 Å². The van der Waals surface area contributed by atoms with E-state index in [0.717, 1.165) is 29.1 Å². The molecular formula is C10H13NO2. The quantitative estimate of drug-likeness (QED) is 0.709. The van der Waals surface area contributed by atoms with Gasteiger partial charge in [-0.25, -0.2) is 0 Å². The summed E-state index contributed by atoms with van der Waals surface area (Å²) < 4.78 is 5.57. The minimum Gasteiger partial charge on any atom is -0.464 e. The van der Waals surface area contributed by atoms with Crippen LogP contribution in [0.4, 0.5) is 0 Å². The topological polar surface area (TPSA) is 42.2 Å². The Balaban J connectivity index is 2.55. The number of furan rings is 1. The zero-order valence-electron chi connectivity index (χ0n) is 7.94. The van der Waals surface area contributed by atoms with E-state index in [0.29, 0.717) is 13.1 Å². The number of ketones is 1. The summed E-state index contributed by atoms with van der Waals surface area (Å²) in [6.07, 6.45) is 0.853. The number of aryl methyl sites for hydroxylation is 1. The minimum atomic E-state index is 0.155. The van der Waals surface area contributed by atoms with Crippen molar-refractivity contribution in [2.24, 2.45) is 0 Å². The van der Waals surface area contributed by atoms with Crippen molar-refractivity contribution in [2.45, 2.75) is 26.8 Å². The molecule has 0 atom stereocenters. The number of Topliss-reactive ketones (excluding diaryl/α,β-unsaturated/α-hetero) is 1. The summed E-state index contributed by atoms with van der Waals surface area (Å²) in [5, 5.41) is 3.01. The monoisotopic (exact) mass is 179 g/mol. The van der Waals surface area contributed by atoms with Gasteiger partial charge in [0.25, 0.3) is 0 Å². The maximum atomic E-state index is 11.5. The molecule has 1 aromatic rings. The second-order valence-electron chi connectivity index (χ2n) is 3.33. The summed E-state index contributed by atoms with van der Waals surface area (Å²) in [4.78, 5) is 11.5. The number of nitrogens with one attached hydrogen (secondary N) is 1. The van der Waals surface area contributed by atoms with E-state index in [2.05, 4.69) is 5.32 Å². The largest absolute Gasteiger partial charge is 0.464 e. The lowest BCUT2D eigenvalue weighted by Gasteiger charge is -2.09. The fourth-order valence-electron chi connectivity index (χ4n) is 1.83. The summed E-state index contributed by atoms with van der Waals surface area (Å²) in [7, 11) is 0. The predicted octanol–water partition coefficient (Wildman–Crippen LogP) is 1.44. The standard InChI is InChI=1S/C10H13NO2/c1-3-8-6(2)10-7(12)4-11-5-9(10)13-8/h11H,3-5H2,1-2H3. The van der Waals surface area contributed by atoms with E-state index in [1.54, 1.807) is 0 Å². The first-order valence-corrected chi connectivity index (χ1v) is 4.59. The highest BCUT2D eigenvalue weighted by Crippen LogP contribution is 2.24. The first-order valence-electron chi connectivity index (χ1n) is 4.59. The third-order valence-electron chi connectivity index (χ3n) is 2.49. The highest BCUT2D eigenvalue weighted by Gasteiger charge is 2.24. The van der Waals surface area contributed by atoms with Gasteiger partial charge in [0.05, 0.1) is 18.7 Å². The normalized spacial score (nSPS) is 16.0. The van der Waals surface area contributed by atoms with Crippen LogP contribution in [-0.2, 0) is 13.0 Å². The minimum absolute atomic E-state index is 0.155. The van der Waals surface area contributed by atoms with Crippen molar-refractivity contribution >= 4 is 5.78 Å². The Morgan fingerprint density at radius 2 is 2.23 bits per heavy atom. The molecule has 1 N–H and O–H groups in total. The highest BCUT2D eigenvalue weighted by molar-refractivity contribution is 6.00. The molecule has 0 saturated heterocycles. The smallest absolute Gasteiger partial charge is 0.180 e. The zero-order chi connectivity index (χ0) is 9.42. The fourth-order valence-corrected chi connectivity index (χ4v) is 1.83. The van der Waals surface area contributed by atoms with Gasteiger partial charge in [0.15, 0.2) is 5.78 Å². The maximum absolute atomic E-state index is 11.5. The number of rotatable bonds is 1. The second kappa shape index (κ2) is 3.00. The molecule has 70 valence electrons. The average Bonchev–Trinajstić information content (AvgIpc) is 2.44. The van der Waals surface area contributed by atoms with Gasteiger partial charge in [-0.1, -0.05) is 6.92 Å². The maximum Gasteiger partial charge on any atom is 0.180 e. The first kappa shape index (κ1) is 8.51. The van der Waals surface area contributed by atoms with E-state index in [9.17, 15) is 4.79 Å². The van der Waals surface area contributed by atoms with Crippen molar-refractivity contribution < 1.29 is 9.21 Å². The summed E-state index contributed by atoms with van der Waals surface area (Å²) in [5.74, 6) is 1.91. The third kappa shape index (κ3) is 1.20. The molecular weight excluding hydrogens is 166 g/mol. The van der Waals surface area contributed by atoms with Gasteiger partial charge < -0.3 is 9.73 Å². The molecule has 3 nitrogen and oxygen atoms in total. The lowest BCUT2D eigenvalue weighted by molar-refractivity contribution is 0.0978. The number of carbonyl (C=O) groups is 1. The molecule has 1 aromatic heterocycles. The molecule has 0 saturated carbocycles. The summed E-state index contributed by atoms with van der Waals surface area (Å²) in [5.41, 5.74) is 1.85. The van der Waals surface area contributed by atoms with Crippen molar-refractivity contribution in [3.8, 4) is 0 Å². The molecule has 0 aromatic carbocycles. The Morgan fingerprint density at radius 1 is 1.46 bits per heavy atom. The zero-order valence-corrected chi connectivity index (χ0v) is 7.94. The van der Waals surface area contributed by atoms with Crippen molar-refractivity contribution in [1.29, 1.82) is 0 Å². The van der Waals surface area contributed by atoms with Crippen LogP contribution in [0.2, 0.25) is 0 Å². The first-order chi connectivity index (χ1) is 6.24. The van der Waals surface area contributed by atoms with E-state index in [1.165, 1.54) is 0 Å². The summed E-state index contributed by atoms with van der Waals surface area (Å²) in [6, 6.07) is 0. The molecule has 13 heavy (non-hydrogen) atoms. The van der Waals surface area contributed by atoms with Crippen LogP contribution in [0.25, 0.3) is 0 Å². The van der Waals surface area contributed by atoms with Crippen molar-refractivity contribution in [3.63, 3.8) is 0 Å². The molecule has 1 aliphatic rings. The molecule has 0 unspecified atom stereocenters. The van der Waals surface area contributed by atoms with Crippen LogP contribution in [0.5, 0.6) is 0 Å². The Labute approximate surface area is 77.1 Å². The lowest BCUT2D eigenvalue weighted by atomic mass is 10.0. The molecule has 1 aliphatic heterocycles. The average molecular weight is 179 g/mol. The van der Waals surface area contributed by atoms with Gasteiger partial charge in [-0.3, -0.25) is 4.79 Å². The SMILES string of the molecule is CCc1oc2c(c1C)C(=O)CNC2. The van der Waals surface area contributed by atoms with E-state index in [-0.39, 0.29) is 5.78 Å². The number of hydrogen-bond acceptors (Lipinski definition) is 3. The summed E-state index contributed by atoms with van der Waals surface area (Å²) >= 11 is 0. The van der Waals surface area contributed by atoms with Gasteiger partial charge in [-0.05, 0) is 6.92 Å². The van der Waals surface area contributed by atoms with Crippen LogP contribution in [0.15, 0.2) is 4.42 Å². The number of hydrogen-bond donors (Lipinski definition) is 1. The molecule has 2 heterocycles. The van der Waals surface area contributed by atoms with Gasteiger partial charge >= 0.3 is 0 Å². The second-order valence-corrected chi connectivity index (χ2v) is 3.33. The van der Waals surface area contributed by atoms with E-state index in [1.807, 2.05) is 13.8 Å². The van der Waals surface area contributed by atoms with E-state index in [4.69, 9.17) is 4.42 Å².